The number of nitrogens with two attached hydrogens (primary N) is 1. The minimum Gasteiger partial charge on any atom is -0.398 e. The third-order valence-corrected chi connectivity index (χ3v) is 4.82. The monoisotopic (exact) mass is 292 g/mol. The first-order chi connectivity index (χ1) is 8.27. The zero-order valence-electron chi connectivity index (χ0n) is 10.5. The van der Waals surface area contributed by atoms with Gasteiger partial charge in [0.15, 0.2) is 0 Å². The maximum absolute atomic E-state index is 13.7. The number of nitrogens with one attached hydrogen (secondary N) is 1. The van der Waals surface area contributed by atoms with Crippen molar-refractivity contribution in [2.24, 2.45) is 0 Å². The molecular formula is C11H17FN2O2S2. The van der Waals surface area contributed by atoms with E-state index in [2.05, 4.69) is 4.72 Å². The van der Waals surface area contributed by atoms with Crippen molar-refractivity contribution in [1.29, 1.82) is 0 Å². The molecule has 1 aromatic carbocycles. The summed E-state index contributed by atoms with van der Waals surface area (Å²) in [6.45, 7) is 3.35. The molecule has 0 fully saturated rings. The standard InChI is InChI=1S/C11H17FN2O2S2/c1-7-4-9(12)11(5-10(7)13)18(15,16)14-8(2)6-17-3/h4-5,8,14H,6,13H2,1-3H3. The van der Waals surface area contributed by atoms with Crippen LogP contribution >= 0.6 is 11.8 Å². The summed E-state index contributed by atoms with van der Waals surface area (Å²) in [7, 11) is -3.87. The highest BCUT2D eigenvalue weighted by Gasteiger charge is 2.22. The lowest BCUT2D eigenvalue weighted by Gasteiger charge is -2.14. The molecule has 1 atom stereocenters. The van der Waals surface area contributed by atoms with Crippen molar-refractivity contribution in [3.05, 3.63) is 23.5 Å². The summed E-state index contributed by atoms with van der Waals surface area (Å²) < 4.78 is 40.1. The molecule has 0 bridgehead atoms. The van der Waals surface area contributed by atoms with Crippen molar-refractivity contribution >= 4 is 27.5 Å². The second kappa shape index (κ2) is 5.90. The van der Waals surface area contributed by atoms with Crippen LogP contribution in [0.25, 0.3) is 0 Å². The first-order valence-electron chi connectivity index (χ1n) is 5.35. The summed E-state index contributed by atoms with van der Waals surface area (Å²) in [6, 6.07) is 2.01. The van der Waals surface area contributed by atoms with Crippen LogP contribution in [0.2, 0.25) is 0 Å². The van der Waals surface area contributed by atoms with Crippen LogP contribution in [-0.2, 0) is 10.0 Å². The second-order valence-electron chi connectivity index (χ2n) is 4.12. The molecular weight excluding hydrogens is 275 g/mol. The van der Waals surface area contributed by atoms with Gasteiger partial charge in [-0.15, -0.1) is 0 Å². The van der Waals surface area contributed by atoms with E-state index in [0.717, 1.165) is 12.1 Å². The molecule has 1 unspecified atom stereocenters. The number of benzene rings is 1. The number of aryl methyl sites for hydroxylation is 1. The summed E-state index contributed by atoms with van der Waals surface area (Å²) in [5.74, 6) is -0.173. The van der Waals surface area contributed by atoms with E-state index >= 15 is 0 Å². The fourth-order valence-electron chi connectivity index (χ4n) is 1.49. The number of halogens is 1. The Labute approximate surface area is 111 Å². The molecule has 0 saturated carbocycles. The van der Waals surface area contributed by atoms with E-state index in [9.17, 15) is 12.8 Å². The zero-order valence-corrected chi connectivity index (χ0v) is 12.2. The van der Waals surface area contributed by atoms with Gasteiger partial charge in [-0.05, 0) is 37.8 Å². The maximum atomic E-state index is 13.7. The van der Waals surface area contributed by atoms with Crippen LogP contribution in [0.4, 0.5) is 10.1 Å². The van der Waals surface area contributed by atoms with Gasteiger partial charge in [0.25, 0.3) is 0 Å². The molecule has 1 aromatic rings. The van der Waals surface area contributed by atoms with E-state index in [-0.39, 0.29) is 11.7 Å². The van der Waals surface area contributed by atoms with Crippen molar-refractivity contribution < 1.29 is 12.8 Å². The average Bonchev–Trinajstić information content (AvgIpc) is 2.22. The lowest BCUT2D eigenvalue weighted by atomic mass is 10.2. The Morgan fingerprint density at radius 1 is 1.50 bits per heavy atom. The summed E-state index contributed by atoms with van der Waals surface area (Å²) in [5, 5.41) is 0. The van der Waals surface area contributed by atoms with E-state index in [1.165, 1.54) is 11.8 Å². The number of anilines is 1. The highest BCUT2D eigenvalue weighted by atomic mass is 32.2. The Morgan fingerprint density at radius 3 is 2.67 bits per heavy atom. The predicted octanol–water partition coefficient (Wildman–Crippen LogP) is 1.75. The van der Waals surface area contributed by atoms with Crippen molar-refractivity contribution in [2.45, 2.75) is 24.8 Å². The molecule has 0 saturated heterocycles. The summed E-state index contributed by atoms with van der Waals surface area (Å²) in [4.78, 5) is -0.404. The quantitative estimate of drug-likeness (QED) is 0.811. The molecule has 0 aliphatic carbocycles. The van der Waals surface area contributed by atoms with Crippen LogP contribution in [0, 0.1) is 12.7 Å². The normalized spacial score (nSPS) is 13.6. The molecule has 0 radical (unpaired) electrons. The summed E-state index contributed by atoms with van der Waals surface area (Å²) >= 11 is 1.51. The number of sulfonamides is 1. The van der Waals surface area contributed by atoms with Crippen LogP contribution < -0.4 is 10.5 Å². The Kier molecular flexibility index (Phi) is 5.01. The third kappa shape index (κ3) is 3.60. The van der Waals surface area contributed by atoms with E-state index in [1.54, 1.807) is 13.8 Å². The first kappa shape index (κ1) is 15.3. The van der Waals surface area contributed by atoms with Gasteiger partial charge >= 0.3 is 0 Å². The highest BCUT2D eigenvalue weighted by Crippen LogP contribution is 2.21. The average molecular weight is 292 g/mol. The molecule has 0 spiro atoms. The molecule has 4 nitrogen and oxygen atoms in total. The molecule has 0 heterocycles. The molecule has 102 valence electrons. The minimum atomic E-state index is -3.87. The van der Waals surface area contributed by atoms with Crippen LogP contribution in [-0.4, -0.2) is 26.5 Å². The van der Waals surface area contributed by atoms with Crippen LogP contribution in [0.1, 0.15) is 12.5 Å². The molecule has 7 heteroatoms. The number of thioether (sulfide) groups is 1. The van der Waals surface area contributed by atoms with Crippen molar-refractivity contribution in [2.75, 3.05) is 17.7 Å². The van der Waals surface area contributed by atoms with Gasteiger partial charge in [-0.1, -0.05) is 0 Å². The van der Waals surface area contributed by atoms with Gasteiger partial charge in [-0.25, -0.2) is 17.5 Å². The number of hydrogen-bond acceptors (Lipinski definition) is 4. The second-order valence-corrected chi connectivity index (χ2v) is 6.71. The van der Waals surface area contributed by atoms with Crippen molar-refractivity contribution in [3.63, 3.8) is 0 Å². The molecule has 3 N–H and O–H groups in total. The molecule has 0 amide bonds. The fraction of sp³-hybridized carbons (Fsp3) is 0.455. The largest absolute Gasteiger partial charge is 0.398 e. The molecule has 1 rings (SSSR count). The Morgan fingerprint density at radius 2 is 2.11 bits per heavy atom. The first-order valence-corrected chi connectivity index (χ1v) is 8.22. The van der Waals surface area contributed by atoms with Crippen LogP contribution in [0.3, 0.4) is 0 Å². The van der Waals surface area contributed by atoms with Gasteiger partial charge in [-0.2, -0.15) is 11.8 Å². The minimum absolute atomic E-state index is 0.259. The molecule has 0 aliphatic heterocycles. The molecule has 18 heavy (non-hydrogen) atoms. The lowest BCUT2D eigenvalue weighted by molar-refractivity contribution is 0.549. The number of hydrogen-bond donors (Lipinski definition) is 2. The predicted molar refractivity (Wildman–Crippen MR) is 73.7 cm³/mol. The van der Waals surface area contributed by atoms with Gasteiger partial charge in [0, 0.05) is 17.5 Å². The van der Waals surface area contributed by atoms with Crippen LogP contribution in [0.15, 0.2) is 17.0 Å². The van der Waals surface area contributed by atoms with Gasteiger partial charge < -0.3 is 5.73 Å². The van der Waals surface area contributed by atoms with E-state index in [4.69, 9.17) is 5.73 Å². The lowest BCUT2D eigenvalue weighted by Crippen LogP contribution is -2.34. The highest BCUT2D eigenvalue weighted by molar-refractivity contribution is 7.98. The summed E-state index contributed by atoms with van der Waals surface area (Å²) in [6.07, 6.45) is 1.87. The SMILES string of the molecule is CSCC(C)NS(=O)(=O)c1cc(N)c(C)cc1F. The molecule has 0 aromatic heterocycles. The fourth-order valence-corrected chi connectivity index (χ4v) is 3.51. The smallest absolute Gasteiger partial charge is 0.243 e. The Hall–Kier alpha value is -0.790. The summed E-state index contributed by atoms with van der Waals surface area (Å²) in [5.41, 5.74) is 6.39. The maximum Gasteiger partial charge on any atom is 0.243 e. The number of rotatable bonds is 5. The van der Waals surface area contributed by atoms with Gasteiger partial charge in [-0.3, -0.25) is 0 Å². The van der Waals surface area contributed by atoms with Crippen molar-refractivity contribution in [3.8, 4) is 0 Å². The topological polar surface area (TPSA) is 72.2 Å². The van der Waals surface area contributed by atoms with Gasteiger partial charge in [0.1, 0.15) is 10.7 Å². The van der Waals surface area contributed by atoms with Crippen LogP contribution in [0.5, 0.6) is 0 Å². The Bertz CT molecular complexity index is 532. The van der Waals surface area contributed by atoms with Gasteiger partial charge in [0.2, 0.25) is 10.0 Å². The van der Waals surface area contributed by atoms with Gasteiger partial charge in [0.05, 0.1) is 0 Å². The Balaban J connectivity index is 3.09. The zero-order chi connectivity index (χ0) is 13.9. The molecule has 0 aliphatic rings. The third-order valence-electron chi connectivity index (χ3n) is 2.38. The van der Waals surface area contributed by atoms with E-state index < -0.39 is 20.7 Å². The van der Waals surface area contributed by atoms with E-state index in [0.29, 0.717) is 11.3 Å². The number of nitrogen functional groups attached to an aromatic ring is 1. The van der Waals surface area contributed by atoms with E-state index in [1.807, 2.05) is 6.26 Å². The van der Waals surface area contributed by atoms with Crippen molar-refractivity contribution in [1.82, 2.24) is 4.72 Å².